The van der Waals surface area contributed by atoms with Crippen molar-refractivity contribution in [2.75, 3.05) is 13.7 Å². The van der Waals surface area contributed by atoms with E-state index in [1.165, 1.54) is 0 Å². The van der Waals surface area contributed by atoms with E-state index in [1.54, 1.807) is 13.4 Å². The zero-order valence-corrected chi connectivity index (χ0v) is 12.5. The van der Waals surface area contributed by atoms with Crippen LogP contribution in [0.25, 0.3) is 0 Å². The van der Waals surface area contributed by atoms with Gasteiger partial charge >= 0.3 is 0 Å². The topological polar surface area (TPSA) is 64.9 Å². The van der Waals surface area contributed by atoms with Crippen LogP contribution in [-0.2, 0) is 13.1 Å². The van der Waals surface area contributed by atoms with E-state index in [1.807, 2.05) is 24.7 Å². The second kappa shape index (κ2) is 6.47. The van der Waals surface area contributed by atoms with E-state index in [9.17, 15) is 0 Å². The molecule has 108 valence electrons. The SMILES string of the molecule is CCNCc1ncnn1Cc1ncc(C)c(OC)c1C. The summed E-state index contributed by atoms with van der Waals surface area (Å²) in [6.45, 7) is 8.30. The molecule has 0 radical (unpaired) electrons. The van der Waals surface area contributed by atoms with E-state index in [0.29, 0.717) is 13.1 Å². The number of aromatic nitrogens is 4. The fourth-order valence-electron chi connectivity index (χ4n) is 2.17. The Hall–Kier alpha value is -1.95. The number of rotatable bonds is 6. The molecule has 0 aliphatic carbocycles. The van der Waals surface area contributed by atoms with Gasteiger partial charge in [0.15, 0.2) is 0 Å². The van der Waals surface area contributed by atoms with Crippen molar-refractivity contribution in [3.05, 3.63) is 35.2 Å². The van der Waals surface area contributed by atoms with Crippen LogP contribution in [0.5, 0.6) is 5.75 Å². The van der Waals surface area contributed by atoms with Gasteiger partial charge in [0, 0.05) is 17.3 Å². The van der Waals surface area contributed by atoms with Gasteiger partial charge in [-0.1, -0.05) is 6.92 Å². The Morgan fingerprint density at radius 1 is 1.30 bits per heavy atom. The molecule has 0 atom stereocenters. The highest BCUT2D eigenvalue weighted by Gasteiger charge is 2.12. The summed E-state index contributed by atoms with van der Waals surface area (Å²) in [4.78, 5) is 8.76. The molecule has 2 aromatic rings. The van der Waals surface area contributed by atoms with E-state index in [-0.39, 0.29) is 0 Å². The van der Waals surface area contributed by atoms with Crippen LogP contribution < -0.4 is 10.1 Å². The van der Waals surface area contributed by atoms with Crippen LogP contribution in [0, 0.1) is 13.8 Å². The van der Waals surface area contributed by atoms with Gasteiger partial charge in [-0.3, -0.25) is 4.98 Å². The molecule has 2 rings (SSSR count). The number of hydrogen-bond acceptors (Lipinski definition) is 5. The van der Waals surface area contributed by atoms with E-state index >= 15 is 0 Å². The van der Waals surface area contributed by atoms with Crippen LogP contribution in [0.3, 0.4) is 0 Å². The van der Waals surface area contributed by atoms with Gasteiger partial charge in [-0.15, -0.1) is 0 Å². The first kappa shape index (κ1) is 14.5. The molecule has 1 N–H and O–H groups in total. The minimum absolute atomic E-state index is 0.600. The standard InChI is InChI=1S/C14H21N5O/c1-5-15-7-13-17-9-18-19(13)8-12-11(3)14(20-4)10(2)6-16-12/h6,9,15H,5,7-8H2,1-4H3. The molecule has 0 aromatic carbocycles. The number of aryl methyl sites for hydroxylation is 1. The molecular weight excluding hydrogens is 254 g/mol. The van der Waals surface area contributed by atoms with Crippen LogP contribution >= 0.6 is 0 Å². The highest BCUT2D eigenvalue weighted by Crippen LogP contribution is 2.24. The first-order valence-electron chi connectivity index (χ1n) is 6.73. The molecule has 0 amide bonds. The lowest BCUT2D eigenvalue weighted by Crippen LogP contribution is -2.18. The number of nitrogens with one attached hydrogen (secondary N) is 1. The highest BCUT2D eigenvalue weighted by molar-refractivity contribution is 5.41. The summed E-state index contributed by atoms with van der Waals surface area (Å²) in [7, 11) is 1.69. The molecule has 6 nitrogen and oxygen atoms in total. The molecule has 0 spiro atoms. The molecule has 0 saturated heterocycles. The van der Waals surface area contributed by atoms with Crippen molar-refractivity contribution in [1.82, 2.24) is 25.1 Å². The number of pyridine rings is 1. The Balaban J connectivity index is 2.24. The van der Waals surface area contributed by atoms with Gasteiger partial charge < -0.3 is 10.1 Å². The maximum absolute atomic E-state index is 5.43. The summed E-state index contributed by atoms with van der Waals surface area (Å²) in [6, 6.07) is 0. The summed E-state index contributed by atoms with van der Waals surface area (Å²) in [5.74, 6) is 1.80. The molecule has 20 heavy (non-hydrogen) atoms. The first-order valence-corrected chi connectivity index (χ1v) is 6.73. The van der Waals surface area contributed by atoms with Crippen molar-refractivity contribution in [3.63, 3.8) is 0 Å². The molecule has 0 saturated carbocycles. The average Bonchev–Trinajstić information content (AvgIpc) is 2.87. The maximum atomic E-state index is 5.43. The largest absolute Gasteiger partial charge is 0.496 e. The van der Waals surface area contributed by atoms with Crippen molar-refractivity contribution in [3.8, 4) is 5.75 Å². The predicted molar refractivity (Wildman–Crippen MR) is 76.8 cm³/mol. The minimum Gasteiger partial charge on any atom is -0.496 e. The summed E-state index contributed by atoms with van der Waals surface area (Å²) < 4.78 is 7.30. The Bertz CT molecular complexity index is 579. The van der Waals surface area contributed by atoms with Crippen molar-refractivity contribution >= 4 is 0 Å². The summed E-state index contributed by atoms with van der Waals surface area (Å²) in [5, 5.41) is 7.52. The lowest BCUT2D eigenvalue weighted by Gasteiger charge is -2.13. The Morgan fingerprint density at radius 2 is 2.10 bits per heavy atom. The van der Waals surface area contributed by atoms with E-state index < -0.39 is 0 Å². The molecule has 0 bridgehead atoms. The van der Waals surface area contributed by atoms with Crippen LogP contribution in [0.15, 0.2) is 12.5 Å². The quantitative estimate of drug-likeness (QED) is 0.864. The molecule has 0 unspecified atom stereocenters. The molecule has 0 aliphatic rings. The highest BCUT2D eigenvalue weighted by atomic mass is 16.5. The number of ether oxygens (including phenoxy) is 1. The van der Waals surface area contributed by atoms with Gasteiger partial charge in [-0.05, 0) is 20.4 Å². The van der Waals surface area contributed by atoms with Gasteiger partial charge in [0.25, 0.3) is 0 Å². The van der Waals surface area contributed by atoms with Crippen LogP contribution in [-0.4, -0.2) is 33.4 Å². The Morgan fingerprint density at radius 3 is 2.80 bits per heavy atom. The zero-order valence-electron chi connectivity index (χ0n) is 12.5. The normalized spacial score (nSPS) is 10.8. The first-order chi connectivity index (χ1) is 9.67. The lowest BCUT2D eigenvalue weighted by atomic mass is 10.1. The monoisotopic (exact) mass is 275 g/mol. The summed E-state index contributed by atoms with van der Waals surface area (Å²) in [5.41, 5.74) is 3.05. The van der Waals surface area contributed by atoms with Gasteiger partial charge in [0.2, 0.25) is 0 Å². The van der Waals surface area contributed by atoms with Crippen molar-refractivity contribution in [2.24, 2.45) is 0 Å². The van der Waals surface area contributed by atoms with Crippen LogP contribution in [0.2, 0.25) is 0 Å². The van der Waals surface area contributed by atoms with Gasteiger partial charge in [-0.2, -0.15) is 5.10 Å². The Labute approximate surface area is 119 Å². The average molecular weight is 275 g/mol. The second-order valence-corrected chi connectivity index (χ2v) is 4.66. The van der Waals surface area contributed by atoms with Crippen molar-refractivity contribution < 1.29 is 4.74 Å². The molecular formula is C14H21N5O. The van der Waals surface area contributed by atoms with E-state index in [0.717, 1.165) is 34.9 Å². The van der Waals surface area contributed by atoms with E-state index in [4.69, 9.17) is 4.74 Å². The van der Waals surface area contributed by atoms with Crippen molar-refractivity contribution in [1.29, 1.82) is 0 Å². The Kier molecular flexibility index (Phi) is 4.68. The van der Waals surface area contributed by atoms with Gasteiger partial charge in [0.05, 0.1) is 25.9 Å². The molecule has 2 heterocycles. The lowest BCUT2D eigenvalue weighted by molar-refractivity contribution is 0.406. The smallest absolute Gasteiger partial charge is 0.141 e. The number of methoxy groups -OCH3 is 1. The van der Waals surface area contributed by atoms with Crippen molar-refractivity contribution in [2.45, 2.75) is 33.9 Å². The molecule has 0 fully saturated rings. The minimum atomic E-state index is 0.600. The number of nitrogens with zero attached hydrogens (tertiary/aromatic N) is 4. The summed E-state index contributed by atoms with van der Waals surface area (Å²) >= 11 is 0. The third kappa shape index (κ3) is 2.96. The van der Waals surface area contributed by atoms with Crippen LogP contribution in [0.1, 0.15) is 29.6 Å². The fraction of sp³-hybridized carbons (Fsp3) is 0.500. The summed E-state index contributed by atoms with van der Waals surface area (Å²) in [6.07, 6.45) is 3.41. The van der Waals surface area contributed by atoms with Gasteiger partial charge in [-0.25, -0.2) is 9.67 Å². The van der Waals surface area contributed by atoms with Crippen LogP contribution in [0.4, 0.5) is 0 Å². The van der Waals surface area contributed by atoms with E-state index in [2.05, 4.69) is 27.3 Å². The third-order valence-electron chi connectivity index (χ3n) is 3.28. The fourth-order valence-corrected chi connectivity index (χ4v) is 2.17. The zero-order chi connectivity index (χ0) is 14.5. The molecule has 2 aromatic heterocycles. The maximum Gasteiger partial charge on any atom is 0.141 e. The van der Waals surface area contributed by atoms with Gasteiger partial charge in [0.1, 0.15) is 17.9 Å². The third-order valence-corrected chi connectivity index (χ3v) is 3.28. The number of hydrogen-bond donors (Lipinski definition) is 1. The molecule has 6 heteroatoms. The molecule has 0 aliphatic heterocycles. The second-order valence-electron chi connectivity index (χ2n) is 4.66. The predicted octanol–water partition coefficient (Wildman–Crippen LogP) is 1.46.